The van der Waals surface area contributed by atoms with Crippen LogP contribution in [0.15, 0.2) is 63.4 Å². The Hall–Kier alpha value is -5.19. The van der Waals surface area contributed by atoms with E-state index >= 15 is 0 Å². The van der Waals surface area contributed by atoms with Crippen LogP contribution in [0.4, 0.5) is 12.0 Å². The van der Waals surface area contributed by atoms with Crippen molar-refractivity contribution in [2.75, 3.05) is 10.6 Å². The zero-order valence-electron chi connectivity index (χ0n) is 21.1. The largest absolute Gasteiger partial charge is 0.403 e. The highest BCUT2D eigenvalue weighted by molar-refractivity contribution is 6.05. The Balaban J connectivity index is 1.27. The number of amides is 2. The lowest BCUT2D eigenvalue weighted by Crippen LogP contribution is -2.18. The molecule has 0 aliphatic heterocycles. The summed E-state index contributed by atoms with van der Waals surface area (Å²) in [7, 11) is 0. The van der Waals surface area contributed by atoms with Gasteiger partial charge in [-0.15, -0.1) is 10.2 Å². The molecular weight excluding hydrogens is 486 g/mol. The van der Waals surface area contributed by atoms with Crippen LogP contribution in [0, 0.1) is 27.7 Å². The number of aromatic nitrogens is 5. The zero-order chi connectivity index (χ0) is 26.8. The van der Waals surface area contributed by atoms with Crippen molar-refractivity contribution in [2.24, 2.45) is 0 Å². The lowest BCUT2D eigenvalue weighted by molar-refractivity contribution is 0.101. The zero-order valence-corrected chi connectivity index (χ0v) is 21.1. The van der Waals surface area contributed by atoms with Gasteiger partial charge >= 0.3 is 12.0 Å². The Kier molecular flexibility index (Phi) is 6.48. The molecule has 0 aliphatic carbocycles. The van der Waals surface area contributed by atoms with Gasteiger partial charge in [-0.1, -0.05) is 51.7 Å². The van der Waals surface area contributed by atoms with Crippen LogP contribution in [-0.4, -0.2) is 37.2 Å². The van der Waals surface area contributed by atoms with Crippen LogP contribution < -0.4 is 10.6 Å². The summed E-state index contributed by atoms with van der Waals surface area (Å²) >= 11 is 0. The van der Waals surface area contributed by atoms with Crippen LogP contribution in [0.2, 0.25) is 0 Å². The van der Waals surface area contributed by atoms with Crippen molar-refractivity contribution in [2.45, 2.75) is 27.7 Å². The molecule has 0 atom stereocenters. The second-order valence-corrected chi connectivity index (χ2v) is 8.78. The maximum absolute atomic E-state index is 12.7. The lowest BCUT2D eigenvalue weighted by Gasteiger charge is -2.04. The van der Waals surface area contributed by atoms with Gasteiger partial charge in [-0.3, -0.25) is 20.2 Å². The minimum absolute atomic E-state index is 0.0228. The molecule has 0 saturated carbocycles. The SMILES string of the molecule is Cc1ccc(-c2nnc(NC(=O)c3cccc(C(=O)Nc4nnc(-c5ccc(C)cc5C)o4)n3)o2)c(C)c1. The van der Waals surface area contributed by atoms with E-state index in [9.17, 15) is 9.59 Å². The third-order valence-corrected chi connectivity index (χ3v) is 5.73. The quantitative estimate of drug-likeness (QED) is 0.325. The smallest absolute Gasteiger partial charge is 0.322 e. The monoisotopic (exact) mass is 509 g/mol. The summed E-state index contributed by atoms with van der Waals surface area (Å²) in [5.41, 5.74) is 5.63. The fraction of sp³-hybridized carbons (Fsp3) is 0.148. The number of carbonyl (C=O) groups excluding carboxylic acids is 2. The molecule has 0 radical (unpaired) electrons. The van der Waals surface area contributed by atoms with E-state index in [-0.39, 0.29) is 35.2 Å². The molecule has 0 saturated heterocycles. The van der Waals surface area contributed by atoms with Crippen LogP contribution in [-0.2, 0) is 0 Å². The normalized spacial score (nSPS) is 10.8. The maximum atomic E-state index is 12.7. The molecule has 38 heavy (non-hydrogen) atoms. The van der Waals surface area contributed by atoms with E-state index in [1.54, 1.807) is 0 Å². The average molecular weight is 510 g/mol. The van der Waals surface area contributed by atoms with E-state index in [2.05, 4.69) is 36.0 Å². The Morgan fingerprint density at radius 1 is 0.632 bits per heavy atom. The van der Waals surface area contributed by atoms with Crippen molar-refractivity contribution in [3.8, 4) is 22.9 Å². The summed E-state index contributed by atoms with van der Waals surface area (Å²) in [5.74, 6) is -0.687. The minimum atomic E-state index is -0.620. The summed E-state index contributed by atoms with van der Waals surface area (Å²) in [4.78, 5) is 29.6. The highest BCUT2D eigenvalue weighted by Crippen LogP contribution is 2.25. The predicted molar refractivity (Wildman–Crippen MR) is 139 cm³/mol. The molecule has 5 rings (SSSR count). The number of aryl methyl sites for hydroxylation is 4. The second kappa shape index (κ2) is 10.1. The molecule has 0 unspecified atom stereocenters. The fourth-order valence-corrected chi connectivity index (χ4v) is 3.88. The number of benzene rings is 2. The van der Waals surface area contributed by atoms with E-state index in [0.29, 0.717) is 0 Å². The average Bonchev–Trinajstić information content (AvgIpc) is 3.54. The van der Waals surface area contributed by atoms with Crippen molar-refractivity contribution < 1.29 is 18.4 Å². The van der Waals surface area contributed by atoms with Gasteiger partial charge in [0.15, 0.2) is 0 Å². The first kappa shape index (κ1) is 24.5. The summed E-state index contributed by atoms with van der Waals surface area (Å²) in [6.07, 6.45) is 0. The number of anilines is 2. The van der Waals surface area contributed by atoms with Gasteiger partial charge < -0.3 is 8.83 Å². The summed E-state index contributed by atoms with van der Waals surface area (Å²) in [6, 6.07) is 15.9. The maximum Gasteiger partial charge on any atom is 0.322 e. The number of hydrogen-bond acceptors (Lipinski definition) is 9. The van der Waals surface area contributed by atoms with E-state index in [4.69, 9.17) is 8.83 Å². The fourth-order valence-electron chi connectivity index (χ4n) is 3.88. The number of nitrogens with zero attached hydrogens (tertiary/aromatic N) is 5. The molecule has 0 bridgehead atoms. The van der Waals surface area contributed by atoms with Crippen molar-refractivity contribution in [1.82, 2.24) is 25.4 Å². The number of hydrogen-bond donors (Lipinski definition) is 2. The van der Waals surface area contributed by atoms with Crippen molar-refractivity contribution in [1.29, 1.82) is 0 Å². The van der Waals surface area contributed by atoms with Crippen LogP contribution in [0.3, 0.4) is 0 Å². The molecule has 2 amide bonds. The summed E-state index contributed by atoms with van der Waals surface area (Å²) < 4.78 is 11.2. The highest BCUT2D eigenvalue weighted by atomic mass is 16.4. The van der Waals surface area contributed by atoms with Crippen molar-refractivity contribution >= 4 is 23.8 Å². The minimum Gasteiger partial charge on any atom is -0.403 e. The second-order valence-electron chi connectivity index (χ2n) is 8.78. The van der Waals surface area contributed by atoms with Crippen LogP contribution in [0.25, 0.3) is 22.9 Å². The van der Waals surface area contributed by atoms with E-state index in [1.165, 1.54) is 18.2 Å². The first-order valence-corrected chi connectivity index (χ1v) is 11.7. The molecule has 11 heteroatoms. The van der Waals surface area contributed by atoms with Crippen molar-refractivity contribution in [3.05, 3.63) is 88.2 Å². The molecule has 5 aromatic rings. The summed E-state index contributed by atoms with van der Waals surface area (Å²) in [6.45, 7) is 7.85. The Morgan fingerprint density at radius 3 is 1.50 bits per heavy atom. The molecule has 190 valence electrons. The Morgan fingerprint density at radius 2 is 1.08 bits per heavy atom. The van der Waals surface area contributed by atoms with Gasteiger partial charge in [-0.2, -0.15) is 0 Å². The third kappa shape index (κ3) is 5.16. The van der Waals surface area contributed by atoms with Gasteiger partial charge in [-0.05, 0) is 63.1 Å². The number of rotatable bonds is 6. The number of pyridine rings is 1. The summed E-state index contributed by atoms with van der Waals surface area (Å²) in [5, 5.41) is 20.8. The standard InChI is InChI=1S/C27H23N7O4/c1-14-8-10-18(16(3)12-14)24-31-33-26(37-24)29-22(35)20-6-5-7-21(28-20)23(36)30-27-34-32-25(38-27)19-11-9-15(2)13-17(19)4/h5-13H,1-4H3,(H,29,33,35)(H,30,34,36). The van der Waals surface area contributed by atoms with Gasteiger partial charge in [0.2, 0.25) is 11.8 Å². The van der Waals surface area contributed by atoms with E-state index < -0.39 is 11.8 Å². The van der Waals surface area contributed by atoms with Crippen LogP contribution in [0.1, 0.15) is 43.2 Å². The molecule has 2 aromatic carbocycles. The van der Waals surface area contributed by atoms with Gasteiger partial charge in [-0.25, -0.2) is 4.98 Å². The van der Waals surface area contributed by atoms with Crippen molar-refractivity contribution in [3.63, 3.8) is 0 Å². The lowest BCUT2D eigenvalue weighted by atomic mass is 10.1. The molecule has 2 N–H and O–H groups in total. The molecule has 11 nitrogen and oxygen atoms in total. The molecule has 0 spiro atoms. The van der Waals surface area contributed by atoms with Gasteiger partial charge in [0, 0.05) is 11.1 Å². The highest BCUT2D eigenvalue weighted by Gasteiger charge is 2.19. The molecule has 0 fully saturated rings. The first-order valence-electron chi connectivity index (χ1n) is 11.7. The Bertz CT molecular complexity index is 1550. The topological polar surface area (TPSA) is 149 Å². The number of carbonyl (C=O) groups is 2. The van der Waals surface area contributed by atoms with Crippen LogP contribution in [0.5, 0.6) is 0 Å². The van der Waals surface area contributed by atoms with Crippen LogP contribution >= 0.6 is 0 Å². The first-order chi connectivity index (χ1) is 18.3. The number of nitrogens with one attached hydrogen (secondary N) is 2. The van der Waals surface area contributed by atoms with Gasteiger partial charge in [0.05, 0.1) is 0 Å². The molecule has 3 heterocycles. The third-order valence-electron chi connectivity index (χ3n) is 5.73. The van der Waals surface area contributed by atoms with Gasteiger partial charge in [0.25, 0.3) is 11.8 Å². The molecule has 3 aromatic heterocycles. The van der Waals surface area contributed by atoms with Gasteiger partial charge in [0.1, 0.15) is 11.4 Å². The van der Waals surface area contributed by atoms with E-state index in [1.807, 2.05) is 64.1 Å². The predicted octanol–water partition coefficient (Wildman–Crippen LogP) is 4.92. The Labute approximate surface area is 217 Å². The molecule has 0 aliphatic rings. The van der Waals surface area contributed by atoms with E-state index in [0.717, 1.165) is 33.4 Å². The molecular formula is C27H23N7O4.